The van der Waals surface area contributed by atoms with Crippen LogP contribution in [0.2, 0.25) is 0 Å². The molecule has 6 nitrogen and oxygen atoms in total. The lowest BCUT2D eigenvalue weighted by Crippen LogP contribution is -2.43. The van der Waals surface area contributed by atoms with Crippen LogP contribution in [0, 0.1) is 12.7 Å². The van der Waals surface area contributed by atoms with Crippen molar-refractivity contribution in [3.8, 4) is 0 Å². The number of morpholine rings is 1. The third-order valence-electron chi connectivity index (χ3n) is 5.37. The molecule has 2 aromatic rings. The lowest BCUT2D eigenvalue weighted by Gasteiger charge is -2.38. The highest BCUT2D eigenvalue weighted by atomic mass is 19.1. The van der Waals surface area contributed by atoms with Gasteiger partial charge in [-0.25, -0.2) is 14.4 Å². The van der Waals surface area contributed by atoms with Crippen molar-refractivity contribution in [2.75, 3.05) is 37.7 Å². The number of hydrogen-bond acceptors (Lipinski definition) is 6. The summed E-state index contributed by atoms with van der Waals surface area (Å²) in [6.45, 7) is 5.53. The number of hydrogen-bond donors (Lipinski definition) is 2. The normalized spacial score (nSPS) is 22.6. The van der Waals surface area contributed by atoms with Crippen LogP contribution in [0.5, 0.6) is 0 Å². The summed E-state index contributed by atoms with van der Waals surface area (Å²) < 4.78 is 19.0. The van der Waals surface area contributed by atoms with Crippen LogP contribution >= 0.6 is 0 Å². The van der Waals surface area contributed by atoms with E-state index in [1.165, 1.54) is 12.1 Å². The van der Waals surface area contributed by atoms with Crippen molar-refractivity contribution in [3.63, 3.8) is 0 Å². The molecule has 0 bridgehead atoms. The van der Waals surface area contributed by atoms with Crippen LogP contribution in [-0.2, 0) is 10.3 Å². The van der Waals surface area contributed by atoms with Gasteiger partial charge in [-0.2, -0.15) is 0 Å². The molecule has 1 aromatic carbocycles. The summed E-state index contributed by atoms with van der Waals surface area (Å²) in [6.07, 6.45) is 1.04. The molecule has 27 heavy (non-hydrogen) atoms. The largest absolute Gasteiger partial charge is 0.385 e. The minimum atomic E-state index is -0.937. The fraction of sp³-hybridized carbons (Fsp3) is 0.500. The molecule has 2 aliphatic rings. The fourth-order valence-corrected chi connectivity index (χ4v) is 3.76. The van der Waals surface area contributed by atoms with Crippen LogP contribution < -0.4 is 10.2 Å². The number of benzene rings is 1. The van der Waals surface area contributed by atoms with Gasteiger partial charge in [-0.1, -0.05) is 12.1 Å². The number of aliphatic hydroxyl groups is 1. The molecule has 2 N–H and O–H groups in total. The zero-order valence-corrected chi connectivity index (χ0v) is 15.5. The Morgan fingerprint density at radius 3 is 2.63 bits per heavy atom. The highest BCUT2D eigenvalue weighted by Gasteiger charge is 2.35. The highest BCUT2D eigenvalue weighted by molar-refractivity contribution is 5.35. The van der Waals surface area contributed by atoms with Crippen molar-refractivity contribution in [3.05, 3.63) is 53.1 Å². The Balaban J connectivity index is 1.49. The number of anilines is 1. The molecule has 144 valence electrons. The van der Waals surface area contributed by atoms with Gasteiger partial charge in [-0.05, 0) is 43.5 Å². The first-order valence-corrected chi connectivity index (χ1v) is 9.45. The molecular weight excluding hydrogens is 347 g/mol. The van der Waals surface area contributed by atoms with E-state index in [4.69, 9.17) is 9.72 Å². The van der Waals surface area contributed by atoms with E-state index in [0.717, 1.165) is 30.0 Å². The van der Waals surface area contributed by atoms with Gasteiger partial charge in [0.1, 0.15) is 11.9 Å². The Labute approximate surface area is 158 Å². The van der Waals surface area contributed by atoms with Crippen LogP contribution in [0.15, 0.2) is 30.3 Å². The van der Waals surface area contributed by atoms with E-state index in [0.29, 0.717) is 38.5 Å². The van der Waals surface area contributed by atoms with Crippen molar-refractivity contribution in [1.29, 1.82) is 0 Å². The van der Waals surface area contributed by atoms with E-state index >= 15 is 0 Å². The van der Waals surface area contributed by atoms with Crippen LogP contribution in [0.3, 0.4) is 0 Å². The van der Waals surface area contributed by atoms with E-state index in [9.17, 15) is 9.50 Å². The second-order valence-corrected chi connectivity index (χ2v) is 7.32. The Bertz CT molecular complexity index is 785. The van der Waals surface area contributed by atoms with Gasteiger partial charge in [0.05, 0.1) is 17.9 Å². The zero-order chi connectivity index (χ0) is 18.9. The quantitative estimate of drug-likeness (QED) is 0.860. The van der Waals surface area contributed by atoms with Crippen LogP contribution in [0.1, 0.15) is 35.9 Å². The average Bonchev–Trinajstić information content (AvgIpc) is 2.69. The summed E-state index contributed by atoms with van der Waals surface area (Å²) in [6, 6.07) is 8.10. The van der Waals surface area contributed by atoms with Gasteiger partial charge in [0.25, 0.3) is 0 Å². The first kappa shape index (κ1) is 18.3. The minimum absolute atomic E-state index is 0.0554. The molecule has 0 spiro atoms. The summed E-state index contributed by atoms with van der Waals surface area (Å²) in [4.78, 5) is 11.4. The van der Waals surface area contributed by atoms with Gasteiger partial charge in [0, 0.05) is 31.9 Å². The minimum Gasteiger partial charge on any atom is -0.385 e. The molecule has 1 aromatic heterocycles. The number of aromatic nitrogens is 2. The summed E-state index contributed by atoms with van der Waals surface area (Å²) in [5.74, 6) is 0.389. The Hall–Kier alpha value is -2.09. The van der Waals surface area contributed by atoms with E-state index in [2.05, 4.69) is 15.2 Å². The number of piperidine rings is 1. The van der Waals surface area contributed by atoms with Crippen LogP contribution in [0.25, 0.3) is 0 Å². The van der Waals surface area contributed by atoms with E-state index < -0.39 is 5.60 Å². The molecule has 4 rings (SSSR count). The summed E-state index contributed by atoms with van der Waals surface area (Å²) in [7, 11) is 0. The van der Waals surface area contributed by atoms with Gasteiger partial charge in [0.2, 0.25) is 5.95 Å². The van der Waals surface area contributed by atoms with Gasteiger partial charge in [-0.3, -0.25) is 0 Å². The molecule has 2 saturated heterocycles. The smallest absolute Gasteiger partial charge is 0.225 e. The molecule has 2 fully saturated rings. The number of aryl methyl sites for hydroxylation is 1. The summed E-state index contributed by atoms with van der Waals surface area (Å²) in [5.41, 5.74) is 1.62. The van der Waals surface area contributed by atoms with E-state index in [-0.39, 0.29) is 11.9 Å². The maximum atomic E-state index is 13.2. The number of nitrogens with one attached hydrogen (secondary N) is 1. The lowest BCUT2D eigenvalue weighted by atomic mass is 9.84. The molecule has 2 aliphatic heterocycles. The molecule has 1 atom stereocenters. The molecule has 0 amide bonds. The average molecular weight is 372 g/mol. The van der Waals surface area contributed by atoms with Crippen LogP contribution in [0.4, 0.5) is 10.3 Å². The Morgan fingerprint density at radius 1 is 1.22 bits per heavy atom. The second-order valence-electron chi connectivity index (χ2n) is 7.32. The van der Waals surface area contributed by atoms with E-state index in [1.54, 1.807) is 12.1 Å². The van der Waals surface area contributed by atoms with Crippen molar-refractivity contribution in [2.45, 2.75) is 31.5 Å². The fourth-order valence-electron chi connectivity index (χ4n) is 3.76. The molecule has 1 unspecified atom stereocenters. The summed E-state index contributed by atoms with van der Waals surface area (Å²) in [5, 5.41) is 14.3. The topological polar surface area (TPSA) is 70.5 Å². The molecule has 0 saturated carbocycles. The molecule has 0 aliphatic carbocycles. The maximum absolute atomic E-state index is 13.2. The van der Waals surface area contributed by atoms with Crippen molar-refractivity contribution < 1.29 is 14.2 Å². The molecular formula is C20H25FN4O2. The molecule has 7 heteroatoms. The monoisotopic (exact) mass is 372 g/mol. The van der Waals surface area contributed by atoms with Crippen LogP contribution in [-0.4, -0.2) is 47.9 Å². The van der Waals surface area contributed by atoms with Gasteiger partial charge in [-0.15, -0.1) is 0 Å². The Morgan fingerprint density at radius 2 is 1.96 bits per heavy atom. The van der Waals surface area contributed by atoms with E-state index in [1.807, 2.05) is 13.0 Å². The van der Waals surface area contributed by atoms with Crippen molar-refractivity contribution >= 4 is 5.95 Å². The van der Waals surface area contributed by atoms with Gasteiger partial charge in [0.15, 0.2) is 0 Å². The SMILES string of the molecule is Cc1cc(C2CNCCO2)nc(N2CCC(O)(c3ccc(F)cc3)CC2)n1. The van der Waals surface area contributed by atoms with Gasteiger partial charge < -0.3 is 20.1 Å². The first-order chi connectivity index (χ1) is 13.0. The third-order valence-corrected chi connectivity index (χ3v) is 5.37. The number of halogens is 1. The molecule has 3 heterocycles. The van der Waals surface area contributed by atoms with Crippen molar-refractivity contribution in [1.82, 2.24) is 15.3 Å². The Kier molecular flexibility index (Phi) is 5.08. The predicted octanol–water partition coefficient (Wildman–Crippen LogP) is 2.07. The standard InChI is InChI=1S/C20H25FN4O2/c1-14-12-17(18-13-22-8-11-27-18)24-19(23-14)25-9-6-20(26,7-10-25)15-2-4-16(21)5-3-15/h2-5,12,18,22,26H,6-11,13H2,1H3. The van der Waals surface area contributed by atoms with Gasteiger partial charge >= 0.3 is 0 Å². The third kappa shape index (κ3) is 3.95. The first-order valence-electron chi connectivity index (χ1n) is 9.45. The zero-order valence-electron chi connectivity index (χ0n) is 15.5. The number of ether oxygens (including phenoxy) is 1. The summed E-state index contributed by atoms with van der Waals surface area (Å²) >= 11 is 0. The number of rotatable bonds is 3. The second kappa shape index (κ2) is 7.50. The lowest BCUT2D eigenvalue weighted by molar-refractivity contribution is 0.0112. The maximum Gasteiger partial charge on any atom is 0.225 e. The van der Waals surface area contributed by atoms with Crippen molar-refractivity contribution in [2.24, 2.45) is 0 Å². The number of nitrogens with zero attached hydrogens (tertiary/aromatic N) is 3. The predicted molar refractivity (Wildman–Crippen MR) is 100 cm³/mol. The highest BCUT2D eigenvalue weighted by Crippen LogP contribution is 2.34. The molecule has 0 radical (unpaired) electrons.